The quantitative estimate of drug-likeness (QED) is 0.417. The van der Waals surface area contributed by atoms with Gasteiger partial charge in [0, 0.05) is 17.7 Å². The van der Waals surface area contributed by atoms with Crippen molar-refractivity contribution in [2.75, 3.05) is 0 Å². The first kappa shape index (κ1) is 19.8. The van der Waals surface area contributed by atoms with Crippen molar-refractivity contribution in [2.45, 2.75) is 32.1 Å². The molecule has 0 bridgehead atoms. The maximum Gasteiger partial charge on any atom is 0.270 e. The van der Waals surface area contributed by atoms with E-state index in [9.17, 15) is 14.9 Å². The number of benzene rings is 2. The number of rotatable bonds is 6. The molecular formula is C20H20N4O3S. The number of aryl methyl sites for hydroxylation is 1. The highest BCUT2D eigenvalue weighted by Gasteiger charge is 2.37. The van der Waals surface area contributed by atoms with Crippen LogP contribution in [0.1, 0.15) is 30.0 Å². The predicted molar refractivity (Wildman–Crippen MR) is 112 cm³/mol. The van der Waals surface area contributed by atoms with Crippen LogP contribution < -0.4 is 0 Å². The second kappa shape index (κ2) is 8.79. The molecule has 0 aliphatic carbocycles. The Morgan fingerprint density at radius 3 is 2.75 bits per heavy atom. The van der Waals surface area contributed by atoms with Crippen LogP contribution in [0.3, 0.4) is 0 Å². The summed E-state index contributed by atoms with van der Waals surface area (Å²) in [6.45, 7) is 4.43. The highest BCUT2D eigenvalue weighted by molar-refractivity contribution is 8.15. The lowest BCUT2D eigenvalue weighted by atomic mass is 10.1. The summed E-state index contributed by atoms with van der Waals surface area (Å²) in [6.07, 6.45) is 2.16. The summed E-state index contributed by atoms with van der Waals surface area (Å²) in [6, 6.07) is 14.1. The molecule has 1 fully saturated rings. The van der Waals surface area contributed by atoms with Crippen molar-refractivity contribution in [2.24, 2.45) is 10.2 Å². The van der Waals surface area contributed by atoms with Crippen molar-refractivity contribution >= 4 is 34.7 Å². The summed E-state index contributed by atoms with van der Waals surface area (Å²) in [4.78, 5) is 24.8. The van der Waals surface area contributed by atoms with E-state index >= 15 is 0 Å². The average Bonchev–Trinajstić information content (AvgIpc) is 2.99. The van der Waals surface area contributed by atoms with Gasteiger partial charge in [0.25, 0.3) is 5.69 Å². The molecule has 1 amide bonds. The maximum atomic E-state index is 12.7. The maximum absolute atomic E-state index is 12.7. The van der Waals surface area contributed by atoms with E-state index in [-0.39, 0.29) is 16.8 Å². The van der Waals surface area contributed by atoms with Crippen LogP contribution >= 0.6 is 11.8 Å². The number of nitrogens with zero attached hydrogens (tertiary/aromatic N) is 4. The van der Waals surface area contributed by atoms with Gasteiger partial charge in [0.15, 0.2) is 5.17 Å². The molecule has 0 saturated carbocycles. The highest BCUT2D eigenvalue weighted by atomic mass is 32.2. The van der Waals surface area contributed by atoms with E-state index < -0.39 is 4.92 Å². The molecule has 0 aromatic heterocycles. The van der Waals surface area contributed by atoms with Crippen LogP contribution in [0, 0.1) is 17.0 Å². The molecule has 3 rings (SSSR count). The molecule has 0 radical (unpaired) electrons. The molecular weight excluding hydrogens is 376 g/mol. The summed E-state index contributed by atoms with van der Waals surface area (Å²) in [7, 11) is 0. The zero-order valence-corrected chi connectivity index (χ0v) is 16.4. The van der Waals surface area contributed by atoms with Gasteiger partial charge in [-0.2, -0.15) is 5.10 Å². The van der Waals surface area contributed by atoms with Gasteiger partial charge in [0.05, 0.1) is 22.9 Å². The highest BCUT2D eigenvalue weighted by Crippen LogP contribution is 2.31. The van der Waals surface area contributed by atoms with Gasteiger partial charge in [-0.05, 0) is 24.5 Å². The smallest absolute Gasteiger partial charge is 0.270 e. The van der Waals surface area contributed by atoms with Crippen molar-refractivity contribution in [3.63, 3.8) is 0 Å². The average molecular weight is 396 g/mol. The van der Waals surface area contributed by atoms with Gasteiger partial charge in [-0.15, -0.1) is 5.10 Å². The van der Waals surface area contributed by atoms with Crippen molar-refractivity contribution in [1.29, 1.82) is 0 Å². The molecule has 8 heteroatoms. The van der Waals surface area contributed by atoms with Crippen molar-refractivity contribution < 1.29 is 9.72 Å². The topological polar surface area (TPSA) is 88.2 Å². The van der Waals surface area contributed by atoms with Crippen LogP contribution in [0.25, 0.3) is 0 Å². The Morgan fingerprint density at radius 1 is 1.25 bits per heavy atom. The molecule has 1 aliphatic heterocycles. The fourth-order valence-electron chi connectivity index (χ4n) is 2.81. The summed E-state index contributed by atoms with van der Waals surface area (Å²) in [5.74, 6) is 0.0278. The number of hydrogen-bond acceptors (Lipinski definition) is 6. The summed E-state index contributed by atoms with van der Waals surface area (Å²) in [5, 5.41) is 19.5. The summed E-state index contributed by atoms with van der Waals surface area (Å²) < 4.78 is 0. The van der Waals surface area contributed by atoms with E-state index in [0.717, 1.165) is 11.1 Å². The second-order valence-corrected chi connectivity index (χ2v) is 7.51. The van der Waals surface area contributed by atoms with Crippen LogP contribution in [0.2, 0.25) is 0 Å². The van der Waals surface area contributed by atoms with Gasteiger partial charge in [-0.1, -0.05) is 55.1 Å². The fraction of sp³-hybridized carbons (Fsp3) is 0.250. The Morgan fingerprint density at radius 2 is 2.04 bits per heavy atom. The Kier molecular flexibility index (Phi) is 6.20. The van der Waals surface area contributed by atoms with Crippen LogP contribution in [0.5, 0.6) is 0 Å². The van der Waals surface area contributed by atoms with Crippen molar-refractivity contribution in [1.82, 2.24) is 4.90 Å². The minimum absolute atomic E-state index is 0.00533. The lowest BCUT2D eigenvalue weighted by Gasteiger charge is -2.17. The SMILES string of the molecule is CCC1S/C(=N/N=C/c2cccc([N+](=O)[O-])c2)N(Cc2ccccc2C)C1=O. The summed E-state index contributed by atoms with van der Waals surface area (Å²) in [5.41, 5.74) is 2.74. The van der Waals surface area contributed by atoms with Crippen LogP contribution in [0.4, 0.5) is 5.69 Å². The van der Waals surface area contributed by atoms with E-state index in [0.29, 0.717) is 23.7 Å². The normalized spacial score (nSPS) is 18.4. The van der Waals surface area contributed by atoms with Crippen molar-refractivity contribution in [3.8, 4) is 0 Å². The molecule has 0 N–H and O–H groups in total. The van der Waals surface area contributed by atoms with E-state index in [1.54, 1.807) is 17.0 Å². The molecule has 2 aromatic rings. The fourth-order valence-corrected chi connectivity index (χ4v) is 3.84. The number of nitro benzene ring substituents is 1. The molecule has 144 valence electrons. The number of carbonyl (C=O) groups excluding carboxylic acids is 1. The zero-order chi connectivity index (χ0) is 20.1. The lowest BCUT2D eigenvalue weighted by molar-refractivity contribution is -0.384. The molecule has 1 atom stereocenters. The van der Waals surface area contributed by atoms with Gasteiger partial charge in [0.2, 0.25) is 5.91 Å². The minimum atomic E-state index is -0.454. The van der Waals surface area contributed by atoms with Gasteiger partial charge < -0.3 is 0 Å². The Labute approximate surface area is 167 Å². The van der Waals surface area contributed by atoms with E-state index in [4.69, 9.17) is 0 Å². The van der Waals surface area contributed by atoms with Gasteiger partial charge in [-0.3, -0.25) is 19.8 Å². The van der Waals surface area contributed by atoms with Gasteiger partial charge >= 0.3 is 0 Å². The molecule has 7 nitrogen and oxygen atoms in total. The Hall–Kier alpha value is -3.00. The van der Waals surface area contributed by atoms with Gasteiger partial charge in [0.1, 0.15) is 0 Å². The Bertz CT molecular complexity index is 958. The molecule has 28 heavy (non-hydrogen) atoms. The first-order valence-corrected chi connectivity index (χ1v) is 9.75. The standard InChI is InChI=1S/C20H20N4O3S/c1-3-18-19(25)23(13-16-9-5-4-7-14(16)2)20(28-18)22-21-12-15-8-6-10-17(11-15)24(26)27/h4-12,18H,3,13H2,1-2H3/b21-12+,22-20+. The number of non-ortho nitro benzene ring substituents is 1. The molecule has 2 aromatic carbocycles. The monoisotopic (exact) mass is 396 g/mol. The third-order valence-corrected chi connectivity index (χ3v) is 5.74. The first-order chi connectivity index (χ1) is 13.5. The summed E-state index contributed by atoms with van der Waals surface area (Å²) >= 11 is 1.40. The molecule has 1 unspecified atom stereocenters. The number of nitro groups is 1. The van der Waals surface area contributed by atoms with Crippen LogP contribution in [-0.4, -0.2) is 32.4 Å². The predicted octanol–water partition coefficient (Wildman–Crippen LogP) is 4.15. The largest absolute Gasteiger partial charge is 0.284 e. The number of carbonyl (C=O) groups is 1. The van der Waals surface area contributed by atoms with E-state index in [1.165, 1.54) is 30.1 Å². The molecule has 1 saturated heterocycles. The van der Waals surface area contributed by atoms with Crippen LogP contribution in [-0.2, 0) is 11.3 Å². The van der Waals surface area contributed by atoms with E-state index in [2.05, 4.69) is 10.2 Å². The number of thioether (sulfide) groups is 1. The van der Waals surface area contributed by atoms with E-state index in [1.807, 2.05) is 38.1 Å². The third kappa shape index (κ3) is 4.45. The van der Waals surface area contributed by atoms with Gasteiger partial charge in [-0.25, -0.2) is 0 Å². The number of hydrogen-bond donors (Lipinski definition) is 0. The zero-order valence-electron chi connectivity index (χ0n) is 15.6. The van der Waals surface area contributed by atoms with Crippen LogP contribution in [0.15, 0.2) is 58.7 Å². The minimum Gasteiger partial charge on any atom is -0.284 e. The number of amides is 1. The molecule has 1 aliphatic rings. The number of amidine groups is 1. The van der Waals surface area contributed by atoms with Crippen molar-refractivity contribution in [3.05, 3.63) is 75.3 Å². The third-order valence-electron chi connectivity index (χ3n) is 4.41. The Balaban J connectivity index is 1.83. The second-order valence-electron chi connectivity index (χ2n) is 6.34. The molecule has 0 spiro atoms. The first-order valence-electron chi connectivity index (χ1n) is 8.87. The lowest BCUT2D eigenvalue weighted by Crippen LogP contribution is -2.31. The molecule has 1 heterocycles.